The van der Waals surface area contributed by atoms with E-state index >= 15 is 0 Å². The van der Waals surface area contributed by atoms with Crippen molar-refractivity contribution in [3.63, 3.8) is 0 Å². The third-order valence-corrected chi connectivity index (χ3v) is 12.4. The average molecular weight is 739 g/mol. The van der Waals surface area contributed by atoms with Crippen molar-refractivity contribution in [3.05, 3.63) is 188 Å². The molecule has 0 N–H and O–H groups in total. The quantitative estimate of drug-likeness (QED) is 0.134. The van der Waals surface area contributed by atoms with Crippen molar-refractivity contribution in [3.8, 4) is 56.4 Å². The van der Waals surface area contributed by atoms with Crippen LogP contribution in [0.5, 0.6) is 23.0 Å². The molecule has 0 bridgehead atoms. The standard InChI is InChI=1S/C54H31BO3/c1-2-13-33-31-51-43(28-32(33)12-1)42-29-35(25-26-46(42)56-51)52-38-16-5-7-18-40(38)53(41-19-8-6-17-39(41)52)37-15-4-3-14-36(37)34-24-27-48-45(30-34)55-44-20-9-10-21-47(44)57-49-22-11-23-50(58-48)54(49)55/h1-31H. The molecular weight excluding hydrogens is 707 g/mol. The molecular formula is C54H31BO3. The molecule has 2 aliphatic rings. The first-order chi connectivity index (χ1) is 28.7. The van der Waals surface area contributed by atoms with Gasteiger partial charge in [0.15, 0.2) is 0 Å². The number of para-hydroxylation sites is 1. The van der Waals surface area contributed by atoms with Gasteiger partial charge in [-0.05, 0) is 125 Å². The van der Waals surface area contributed by atoms with Crippen LogP contribution in [0.25, 0.3) is 87.6 Å². The summed E-state index contributed by atoms with van der Waals surface area (Å²) in [6, 6.07) is 67.4. The number of furan rings is 1. The molecule has 3 heterocycles. The predicted molar refractivity (Wildman–Crippen MR) is 240 cm³/mol. The van der Waals surface area contributed by atoms with Crippen LogP contribution in [-0.4, -0.2) is 6.71 Å². The van der Waals surface area contributed by atoms with Crippen LogP contribution in [0, 0.1) is 0 Å². The Morgan fingerprint density at radius 3 is 1.66 bits per heavy atom. The van der Waals surface area contributed by atoms with Crippen LogP contribution < -0.4 is 25.9 Å². The second kappa shape index (κ2) is 12.0. The Kier molecular flexibility index (Phi) is 6.53. The monoisotopic (exact) mass is 738 g/mol. The summed E-state index contributed by atoms with van der Waals surface area (Å²) in [5.74, 6) is 3.47. The van der Waals surface area contributed by atoms with Gasteiger partial charge in [-0.1, -0.05) is 140 Å². The smallest absolute Gasteiger partial charge is 0.260 e. The van der Waals surface area contributed by atoms with Crippen LogP contribution in [0.15, 0.2) is 192 Å². The van der Waals surface area contributed by atoms with Gasteiger partial charge in [0.1, 0.15) is 34.2 Å². The number of rotatable bonds is 3. The van der Waals surface area contributed by atoms with Gasteiger partial charge in [-0.25, -0.2) is 0 Å². The molecule has 2 aliphatic heterocycles. The van der Waals surface area contributed by atoms with E-state index in [2.05, 4.69) is 164 Å². The second-order valence-electron chi connectivity index (χ2n) is 15.5. The van der Waals surface area contributed by atoms with Gasteiger partial charge in [0.2, 0.25) is 0 Å². The molecule has 0 atom stereocenters. The first-order valence-electron chi connectivity index (χ1n) is 19.9. The van der Waals surface area contributed by atoms with E-state index in [9.17, 15) is 0 Å². The van der Waals surface area contributed by atoms with Crippen LogP contribution in [0.4, 0.5) is 0 Å². The molecule has 1 aromatic heterocycles. The minimum absolute atomic E-state index is 0.00337. The Balaban J connectivity index is 1.02. The summed E-state index contributed by atoms with van der Waals surface area (Å²) in [5.41, 5.74) is 12.3. The molecule has 0 fully saturated rings. The first-order valence-corrected chi connectivity index (χ1v) is 19.9. The van der Waals surface area contributed by atoms with Crippen molar-refractivity contribution in [2.45, 2.75) is 0 Å². The molecule has 4 heteroatoms. The topological polar surface area (TPSA) is 31.6 Å². The normalized spacial score (nSPS) is 12.7. The summed E-state index contributed by atoms with van der Waals surface area (Å²) in [5, 5.41) is 9.50. The molecule has 0 spiro atoms. The molecule has 0 unspecified atom stereocenters. The first kappa shape index (κ1) is 31.6. The highest BCUT2D eigenvalue weighted by Gasteiger charge is 2.40. The Labute approximate surface area is 334 Å². The fraction of sp³-hybridized carbons (Fsp3) is 0. The SMILES string of the molecule is c1ccc2c(c1)Oc1cccc3c1B2c1cc(-c2ccccc2-c2c4ccccc4c(-c4ccc5oc6cc7ccccc7cc6c5c4)c4ccccc24)ccc1O3. The van der Waals surface area contributed by atoms with E-state index in [1.165, 1.54) is 60.1 Å². The van der Waals surface area contributed by atoms with E-state index in [0.717, 1.165) is 66.9 Å². The van der Waals surface area contributed by atoms with Gasteiger partial charge < -0.3 is 13.9 Å². The fourth-order valence-corrected chi connectivity index (χ4v) is 9.85. The molecule has 0 amide bonds. The van der Waals surface area contributed by atoms with Gasteiger partial charge in [0.25, 0.3) is 6.71 Å². The minimum atomic E-state index is -0.00337. The maximum atomic E-state index is 6.59. The summed E-state index contributed by atoms with van der Waals surface area (Å²) in [6.07, 6.45) is 0. The summed E-state index contributed by atoms with van der Waals surface area (Å²) in [7, 11) is 0. The van der Waals surface area contributed by atoms with Gasteiger partial charge in [0, 0.05) is 16.2 Å². The highest BCUT2D eigenvalue weighted by molar-refractivity contribution is 6.98. The lowest BCUT2D eigenvalue weighted by Crippen LogP contribution is -2.57. The molecule has 58 heavy (non-hydrogen) atoms. The number of hydrogen-bond donors (Lipinski definition) is 0. The highest BCUT2D eigenvalue weighted by Crippen LogP contribution is 2.47. The van der Waals surface area contributed by atoms with Crippen molar-refractivity contribution < 1.29 is 13.9 Å². The van der Waals surface area contributed by atoms with Crippen LogP contribution in [0.3, 0.4) is 0 Å². The minimum Gasteiger partial charge on any atom is -0.458 e. The van der Waals surface area contributed by atoms with Gasteiger partial charge >= 0.3 is 0 Å². The summed E-state index contributed by atoms with van der Waals surface area (Å²) in [4.78, 5) is 0. The van der Waals surface area contributed by atoms with E-state index in [4.69, 9.17) is 13.9 Å². The summed E-state index contributed by atoms with van der Waals surface area (Å²) >= 11 is 0. The largest absolute Gasteiger partial charge is 0.458 e. The average Bonchev–Trinajstić information content (AvgIpc) is 3.63. The lowest BCUT2D eigenvalue weighted by atomic mass is 9.35. The molecule has 268 valence electrons. The van der Waals surface area contributed by atoms with Gasteiger partial charge in [-0.15, -0.1) is 0 Å². The fourth-order valence-electron chi connectivity index (χ4n) is 9.85. The lowest BCUT2D eigenvalue weighted by molar-refractivity contribution is 0.464. The maximum Gasteiger partial charge on any atom is 0.260 e. The molecule has 0 aliphatic carbocycles. The lowest BCUT2D eigenvalue weighted by Gasteiger charge is -2.33. The van der Waals surface area contributed by atoms with Crippen molar-refractivity contribution in [1.29, 1.82) is 0 Å². The molecule has 0 radical (unpaired) electrons. The zero-order chi connectivity index (χ0) is 37.9. The van der Waals surface area contributed by atoms with E-state index in [0.29, 0.717) is 0 Å². The van der Waals surface area contributed by atoms with E-state index < -0.39 is 0 Å². The number of fused-ring (bicyclic) bond motifs is 10. The van der Waals surface area contributed by atoms with E-state index in [-0.39, 0.29) is 6.71 Å². The second-order valence-corrected chi connectivity index (χ2v) is 15.5. The Morgan fingerprint density at radius 2 is 0.897 bits per heavy atom. The van der Waals surface area contributed by atoms with Gasteiger partial charge in [0.05, 0.1) is 0 Å². The van der Waals surface area contributed by atoms with Gasteiger partial charge in [-0.3, -0.25) is 0 Å². The summed E-state index contributed by atoms with van der Waals surface area (Å²) in [6.45, 7) is -0.00337. The molecule has 3 nitrogen and oxygen atoms in total. The van der Waals surface area contributed by atoms with Crippen LogP contribution in [0.1, 0.15) is 0 Å². The Hall–Kier alpha value is -7.56. The number of ether oxygens (including phenoxy) is 2. The van der Waals surface area contributed by atoms with E-state index in [1.807, 2.05) is 24.3 Å². The number of benzene rings is 10. The summed E-state index contributed by atoms with van der Waals surface area (Å²) < 4.78 is 19.5. The van der Waals surface area contributed by atoms with Crippen molar-refractivity contribution in [2.24, 2.45) is 0 Å². The zero-order valence-corrected chi connectivity index (χ0v) is 31.2. The molecule has 13 rings (SSSR count). The Morgan fingerprint density at radius 1 is 0.328 bits per heavy atom. The molecule has 11 aromatic rings. The van der Waals surface area contributed by atoms with Crippen LogP contribution in [0.2, 0.25) is 0 Å². The third kappa shape index (κ3) is 4.51. The maximum absolute atomic E-state index is 6.59. The molecule has 0 saturated heterocycles. The van der Waals surface area contributed by atoms with Crippen LogP contribution in [-0.2, 0) is 0 Å². The Bertz CT molecular complexity index is 3470. The molecule has 10 aromatic carbocycles. The number of hydrogen-bond acceptors (Lipinski definition) is 3. The predicted octanol–water partition coefficient (Wildman–Crippen LogP) is 12.8. The van der Waals surface area contributed by atoms with Crippen LogP contribution >= 0.6 is 0 Å². The van der Waals surface area contributed by atoms with Crippen molar-refractivity contribution >= 4 is 77.4 Å². The third-order valence-electron chi connectivity index (χ3n) is 12.4. The zero-order valence-electron chi connectivity index (χ0n) is 31.2. The van der Waals surface area contributed by atoms with E-state index in [1.54, 1.807) is 0 Å². The van der Waals surface area contributed by atoms with Crippen molar-refractivity contribution in [1.82, 2.24) is 0 Å². The van der Waals surface area contributed by atoms with Gasteiger partial charge in [-0.2, -0.15) is 0 Å². The highest BCUT2D eigenvalue weighted by atomic mass is 16.5. The molecule has 0 saturated carbocycles. The van der Waals surface area contributed by atoms with Crippen molar-refractivity contribution in [2.75, 3.05) is 0 Å².